The van der Waals surface area contributed by atoms with Gasteiger partial charge in [-0.25, -0.2) is 13.1 Å². The van der Waals surface area contributed by atoms with Gasteiger partial charge >= 0.3 is 0 Å². The summed E-state index contributed by atoms with van der Waals surface area (Å²) in [6.07, 6.45) is 1.48. The molecule has 0 amide bonds. The van der Waals surface area contributed by atoms with Gasteiger partial charge in [-0.3, -0.25) is 4.90 Å². The second-order valence-corrected chi connectivity index (χ2v) is 10.7. The molecule has 35 heavy (non-hydrogen) atoms. The van der Waals surface area contributed by atoms with Crippen LogP contribution in [0.5, 0.6) is 11.5 Å². The van der Waals surface area contributed by atoms with E-state index in [0.29, 0.717) is 17.9 Å². The predicted molar refractivity (Wildman–Crippen MR) is 138 cm³/mol. The van der Waals surface area contributed by atoms with Crippen LogP contribution in [0.3, 0.4) is 0 Å². The van der Waals surface area contributed by atoms with Crippen LogP contribution in [0.1, 0.15) is 41.6 Å². The third kappa shape index (κ3) is 5.37. The summed E-state index contributed by atoms with van der Waals surface area (Å²) in [6.45, 7) is 5.68. The van der Waals surface area contributed by atoms with Crippen LogP contribution in [0.2, 0.25) is 0 Å². The first-order valence-corrected chi connectivity index (χ1v) is 13.5. The number of nitrogens with one attached hydrogen (secondary N) is 1. The normalized spacial score (nSPS) is 17.0. The highest BCUT2D eigenvalue weighted by molar-refractivity contribution is 7.89. The van der Waals surface area contributed by atoms with Crippen molar-refractivity contribution >= 4 is 10.0 Å². The number of ether oxygens (including phenoxy) is 2. The van der Waals surface area contributed by atoms with Crippen molar-refractivity contribution in [3.8, 4) is 11.5 Å². The van der Waals surface area contributed by atoms with Crippen LogP contribution in [0, 0.1) is 6.92 Å². The molecule has 0 spiro atoms. The number of aryl methyl sites for hydroxylation is 1. The van der Waals surface area contributed by atoms with Gasteiger partial charge in [0.2, 0.25) is 10.0 Å². The van der Waals surface area contributed by atoms with E-state index >= 15 is 0 Å². The van der Waals surface area contributed by atoms with Crippen molar-refractivity contribution in [2.24, 2.45) is 0 Å². The van der Waals surface area contributed by atoms with Crippen molar-refractivity contribution in [1.82, 2.24) is 9.62 Å². The predicted octanol–water partition coefficient (Wildman–Crippen LogP) is 4.87. The number of methoxy groups -OCH3 is 2. The zero-order chi connectivity index (χ0) is 25.0. The topological polar surface area (TPSA) is 67.9 Å². The maximum atomic E-state index is 13.3. The summed E-state index contributed by atoms with van der Waals surface area (Å²) < 4.78 is 40.8. The smallest absolute Gasteiger partial charge is 0.240 e. The summed E-state index contributed by atoms with van der Waals surface area (Å²) in [5.41, 5.74) is 4.70. The zero-order valence-corrected chi connectivity index (χ0v) is 21.6. The zero-order valence-electron chi connectivity index (χ0n) is 20.8. The van der Waals surface area contributed by atoms with Crippen molar-refractivity contribution in [2.45, 2.75) is 50.2 Å². The third-order valence-electron chi connectivity index (χ3n) is 6.84. The van der Waals surface area contributed by atoms with Gasteiger partial charge in [0.1, 0.15) is 0 Å². The Morgan fingerprint density at radius 3 is 2.31 bits per heavy atom. The summed E-state index contributed by atoms with van der Waals surface area (Å²) in [5.74, 6) is 1.34. The maximum absolute atomic E-state index is 13.3. The Balaban J connectivity index is 1.78. The first-order valence-electron chi connectivity index (χ1n) is 12.0. The molecule has 6 nitrogen and oxygen atoms in total. The molecule has 2 unspecified atom stereocenters. The van der Waals surface area contributed by atoms with Crippen LogP contribution in [0.25, 0.3) is 0 Å². The Bertz CT molecular complexity index is 1260. The Labute approximate surface area is 208 Å². The van der Waals surface area contributed by atoms with Gasteiger partial charge in [-0.05, 0) is 66.3 Å². The lowest BCUT2D eigenvalue weighted by Crippen LogP contribution is -2.48. The minimum Gasteiger partial charge on any atom is -0.493 e. The molecule has 3 aromatic carbocycles. The molecule has 0 fully saturated rings. The first-order chi connectivity index (χ1) is 16.9. The molecule has 2 atom stereocenters. The molecule has 0 aromatic heterocycles. The second-order valence-electron chi connectivity index (χ2n) is 8.95. The van der Waals surface area contributed by atoms with E-state index in [-0.39, 0.29) is 17.0 Å². The van der Waals surface area contributed by atoms with Crippen LogP contribution in [0.15, 0.2) is 71.6 Å². The molecule has 0 saturated heterocycles. The van der Waals surface area contributed by atoms with Crippen LogP contribution >= 0.6 is 0 Å². The minimum absolute atomic E-state index is 0.165. The van der Waals surface area contributed by atoms with Crippen molar-refractivity contribution in [3.63, 3.8) is 0 Å². The Morgan fingerprint density at radius 1 is 1.00 bits per heavy atom. The number of rotatable bonds is 9. The standard InChI is InChI=1S/C28H34N2O4S/c1-5-25(29-35(31,32)23-13-7-6-8-14-23)28-24-18-27(34-4)26(33-3)17-21(24)15-16-30(28)19-22-12-10-9-11-20(22)2/h6-14,17-18,25,28-29H,5,15-16,19H2,1-4H3. The van der Waals surface area contributed by atoms with E-state index in [9.17, 15) is 8.42 Å². The van der Waals surface area contributed by atoms with Crippen LogP contribution in [-0.2, 0) is 23.0 Å². The maximum Gasteiger partial charge on any atom is 0.240 e. The highest BCUT2D eigenvalue weighted by Crippen LogP contribution is 2.41. The lowest BCUT2D eigenvalue weighted by atomic mass is 9.86. The molecule has 1 heterocycles. The summed E-state index contributed by atoms with van der Waals surface area (Å²) in [6, 6.07) is 20.5. The molecule has 1 aliphatic rings. The van der Waals surface area contributed by atoms with E-state index in [0.717, 1.165) is 30.6 Å². The van der Waals surface area contributed by atoms with Crippen molar-refractivity contribution < 1.29 is 17.9 Å². The van der Waals surface area contributed by atoms with Gasteiger partial charge in [0.15, 0.2) is 11.5 Å². The molecule has 0 aliphatic carbocycles. The molecule has 186 valence electrons. The molecule has 1 aliphatic heterocycles. The van der Waals surface area contributed by atoms with Crippen LogP contribution in [-0.4, -0.2) is 40.1 Å². The summed E-state index contributed by atoms with van der Waals surface area (Å²) in [4.78, 5) is 2.66. The molecule has 0 bridgehead atoms. The van der Waals surface area contributed by atoms with Gasteiger partial charge in [-0.15, -0.1) is 0 Å². The second kappa shape index (κ2) is 10.8. The van der Waals surface area contributed by atoms with E-state index in [4.69, 9.17) is 9.47 Å². The summed E-state index contributed by atoms with van der Waals surface area (Å²) >= 11 is 0. The van der Waals surface area contributed by atoms with Crippen molar-refractivity contribution in [1.29, 1.82) is 0 Å². The fourth-order valence-electron chi connectivity index (χ4n) is 4.92. The average Bonchev–Trinajstić information content (AvgIpc) is 2.88. The van der Waals surface area contributed by atoms with Gasteiger partial charge in [0.05, 0.1) is 25.2 Å². The fourth-order valence-corrected chi connectivity index (χ4v) is 6.27. The van der Waals surface area contributed by atoms with Gasteiger partial charge in [0.25, 0.3) is 0 Å². The SMILES string of the molecule is CCC(NS(=O)(=O)c1ccccc1)C1c2cc(OC)c(OC)cc2CCN1Cc1ccccc1C. The Kier molecular flexibility index (Phi) is 7.79. The molecule has 0 radical (unpaired) electrons. The van der Waals surface area contributed by atoms with Crippen molar-refractivity contribution in [3.05, 3.63) is 89.0 Å². The van der Waals surface area contributed by atoms with E-state index in [1.165, 1.54) is 11.1 Å². The van der Waals surface area contributed by atoms with E-state index < -0.39 is 10.0 Å². The number of hydrogen-bond acceptors (Lipinski definition) is 5. The molecule has 1 N–H and O–H groups in total. The number of fused-ring (bicyclic) bond motifs is 1. The monoisotopic (exact) mass is 494 g/mol. The van der Waals surface area contributed by atoms with Crippen LogP contribution in [0.4, 0.5) is 0 Å². The number of benzene rings is 3. The van der Waals surface area contributed by atoms with Gasteiger partial charge in [0, 0.05) is 19.1 Å². The first kappa shape index (κ1) is 25.2. The van der Waals surface area contributed by atoms with Crippen molar-refractivity contribution in [2.75, 3.05) is 20.8 Å². The highest BCUT2D eigenvalue weighted by atomic mass is 32.2. The lowest BCUT2D eigenvalue weighted by molar-refractivity contribution is 0.142. The van der Waals surface area contributed by atoms with Crippen LogP contribution < -0.4 is 14.2 Å². The molecular weight excluding hydrogens is 460 g/mol. The third-order valence-corrected chi connectivity index (χ3v) is 8.35. The molecule has 4 rings (SSSR count). The van der Waals surface area contributed by atoms with E-state index in [1.54, 1.807) is 38.5 Å². The lowest BCUT2D eigenvalue weighted by Gasteiger charge is -2.42. The fraction of sp³-hybridized carbons (Fsp3) is 0.357. The van der Waals surface area contributed by atoms with Gasteiger partial charge in [-0.1, -0.05) is 49.4 Å². The Hall–Kier alpha value is -2.87. The van der Waals surface area contributed by atoms with E-state index in [2.05, 4.69) is 34.7 Å². The minimum atomic E-state index is -3.69. The quantitative estimate of drug-likeness (QED) is 0.460. The molecule has 7 heteroatoms. The number of hydrogen-bond donors (Lipinski definition) is 1. The summed E-state index contributed by atoms with van der Waals surface area (Å²) in [5, 5.41) is 0. The largest absolute Gasteiger partial charge is 0.493 e. The average molecular weight is 495 g/mol. The number of sulfonamides is 1. The molecule has 3 aromatic rings. The molecular formula is C28H34N2O4S. The highest BCUT2D eigenvalue weighted by Gasteiger charge is 2.36. The summed E-state index contributed by atoms with van der Waals surface area (Å²) in [7, 11) is -0.425. The number of nitrogens with zero attached hydrogens (tertiary/aromatic N) is 1. The van der Waals surface area contributed by atoms with Gasteiger partial charge in [-0.2, -0.15) is 0 Å². The van der Waals surface area contributed by atoms with E-state index in [1.807, 2.05) is 31.2 Å². The Morgan fingerprint density at radius 2 is 1.66 bits per heavy atom. The van der Waals surface area contributed by atoms with Gasteiger partial charge < -0.3 is 9.47 Å². The molecule has 0 saturated carbocycles.